The maximum atomic E-state index is 10.8. The second-order valence-corrected chi connectivity index (χ2v) is 5.03. The van der Waals surface area contributed by atoms with Crippen molar-refractivity contribution in [3.05, 3.63) is 29.8 Å². The van der Waals surface area contributed by atoms with Gasteiger partial charge in [-0.05, 0) is 6.07 Å². The van der Waals surface area contributed by atoms with Crippen molar-refractivity contribution < 1.29 is 24.3 Å². The maximum absolute atomic E-state index is 10.8. The minimum atomic E-state index is -4.19. The average Bonchev–Trinajstić information content (AvgIpc) is 2.57. The summed E-state index contributed by atoms with van der Waals surface area (Å²) in [6, 6.07) is 1.40. The number of fused-ring (bicyclic) bond motifs is 1. The summed E-state index contributed by atoms with van der Waals surface area (Å²) in [5.41, 5.74) is -0.0146. The summed E-state index contributed by atoms with van der Waals surface area (Å²) >= 11 is 0. The van der Waals surface area contributed by atoms with Gasteiger partial charge in [-0.25, -0.2) is 14.8 Å². The van der Waals surface area contributed by atoms with Crippen molar-refractivity contribution in [2.75, 3.05) is 0 Å². The zero-order chi connectivity index (χ0) is 12.6. The average molecular weight is 257 g/mol. The van der Waals surface area contributed by atoms with Gasteiger partial charge in [0.25, 0.3) is 0 Å². The van der Waals surface area contributed by atoms with Gasteiger partial charge < -0.3 is 14.9 Å². The Morgan fingerprint density at radius 2 is 2.12 bits per heavy atom. The lowest BCUT2D eigenvalue weighted by molar-refractivity contribution is 0.0691. The van der Waals surface area contributed by atoms with E-state index in [0.717, 1.165) is 0 Å². The molecule has 0 bridgehead atoms. The lowest BCUT2D eigenvalue weighted by Gasteiger charge is -2.02. The predicted octanol–water partition coefficient (Wildman–Crippen LogP) is 0.105. The minimum Gasteiger partial charge on any atom is -0.476 e. The number of rotatable bonds is 3. The first-order chi connectivity index (χ1) is 7.85. The molecular weight excluding hydrogens is 249 g/mol. The molecule has 0 aliphatic rings. The van der Waals surface area contributed by atoms with Gasteiger partial charge in [-0.1, -0.05) is 0 Å². The Kier molecular flexibility index (Phi) is 2.70. The van der Waals surface area contributed by atoms with Crippen LogP contribution in [0.15, 0.2) is 18.5 Å². The summed E-state index contributed by atoms with van der Waals surface area (Å²) < 4.78 is 12.2. The molecular formula is C8H8N3O5P. The van der Waals surface area contributed by atoms with Crippen LogP contribution >= 0.6 is 7.60 Å². The normalized spacial score (nSPS) is 11.9. The van der Waals surface area contributed by atoms with Crippen LogP contribution in [0, 0.1) is 0 Å². The molecule has 90 valence electrons. The van der Waals surface area contributed by atoms with E-state index in [-0.39, 0.29) is 17.2 Å². The fourth-order valence-corrected chi connectivity index (χ4v) is 1.91. The van der Waals surface area contributed by atoms with E-state index in [1.165, 1.54) is 22.9 Å². The molecule has 0 amide bonds. The highest BCUT2D eigenvalue weighted by Crippen LogP contribution is 2.38. The molecule has 2 heterocycles. The molecule has 0 fully saturated rings. The Labute approximate surface area is 94.7 Å². The van der Waals surface area contributed by atoms with Crippen molar-refractivity contribution in [1.82, 2.24) is 14.4 Å². The van der Waals surface area contributed by atoms with Gasteiger partial charge in [-0.2, -0.15) is 0 Å². The van der Waals surface area contributed by atoms with E-state index in [2.05, 4.69) is 9.97 Å². The van der Waals surface area contributed by atoms with Crippen molar-refractivity contribution in [1.29, 1.82) is 0 Å². The Balaban J connectivity index is 2.43. The fourth-order valence-electron chi connectivity index (χ4n) is 1.31. The molecule has 0 atom stereocenters. The van der Waals surface area contributed by atoms with E-state index < -0.39 is 19.7 Å². The molecule has 8 nitrogen and oxygen atoms in total. The SMILES string of the molecule is O=C(O)c1cn2ccc(CP(=O)(O)O)nc2n1. The molecule has 0 aliphatic carbocycles. The maximum Gasteiger partial charge on any atom is 0.356 e. The first-order valence-corrected chi connectivity index (χ1v) is 6.27. The predicted molar refractivity (Wildman–Crippen MR) is 55.7 cm³/mol. The number of aromatic carboxylic acids is 1. The van der Waals surface area contributed by atoms with Gasteiger partial charge in [0.05, 0.1) is 11.9 Å². The molecule has 0 aromatic carbocycles. The number of carbonyl (C=O) groups is 1. The van der Waals surface area contributed by atoms with Gasteiger partial charge in [0.2, 0.25) is 5.78 Å². The fraction of sp³-hybridized carbons (Fsp3) is 0.125. The van der Waals surface area contributed by atoms with Crippen LogP contribution in [-0.2, 0) is 10.7 Å². The van der Waals surface area contributed by atoms with Crippen molar-refractivity contribution >= 4 is 19.3 Å². The second-order valence-electron chi connectivity index (χ2n) is 3.38. The van der Waals surface area contributed by atoms with Crippen molar-refractivity contribution in [3.63, 3.8) is 0 Å². The van der Waals surface area contributed by atoms with Crippen LogP contribution in [0.25, 0.3) is 5.78 Å². The first kappa shape index (κ1) is 11.7. The van der Waals surface area contributed by atoms with E-state index in [0.29, 0.717) is 0 Å². The van der Waals surface area contributed by atoms with Crippen molar-refractivity contribution in [2.45, 2.75) is 6.16 Å². The molecule has 0 radical (unpaired) electrons. The Morgan fingerprint density at radius 1 is 1.41 bits per heavy atom. The van der Waals surface area contributed by atoms with Gasteiger partial charge in [0, 0.05) is 12.4 Å². The van der Waals surface area contributed by atoms with Crippen LogP contribution < -0.4 is 0 Å². The number of carboxylic acid groups (broad SMARTS) is 1. The quantitative estimate of drug-likeness (QED) is 0.666. The van der Waals surface area contributed by atoms with E-state index in [1.54, 1.807) is 0 Å². The third-order valence-corrected chi connectivity index (χ3v) is 2.71. The lowest BCUT2D eigenvalue weighted by Crippen LogP contribution is -1.96. The molecule has 0 saturated carbocycles. The topological polar surface area (TPSA) is 125 Å². The molecule has 0 unspecified atom stereocenters. The standard InChI is InChI=1S/C8H8N3O5P/c12-7(13)6-3-11-2-1-5(4-17(14,15)16)9-8(11)10-6/h1-3H,4H2,(H,12,13)(H2,14,15,16). The summed E-state index contributed by atoms with van der Waals surface area (Å²) in [6.45, 7) is 0. The minimum absolute atomic E-state index is 0.0911. The molecule has 9 heteroatoms. The van der Waals surface area contributed by atoms with Gasteiger partial charge in [-0.3, -0.25) is 8.97 Å². The Hall–Kier alpha value is -1.76. The molecule has 2 rings (SSSR count). The van der Waals surface area contributed by atoms with E-state index in [9.17, 15) is 9.36 Å². The van der Waals surface area contributed by atoms with Gasteiger partial charge in [0.1, 0.15) is 0 Å². The Morgan fingerprint density at radius 3 is 2.71 bits per heavy atom. The highest BCUT2D eigenvalue weighted by molar-refractivity contribution is 7.50. The number of hydrogen-bond acceptors (Lipinski definition) is 4. The van der Waals surface area contributed by atoms with Gasteiger partial charge in [-0.15, -0.1) is 0 Å². The van der Waals surface area contributed by atoms with E-state index >= 15 is 0 Å². The number of aromatic nitrogens is 3. The summed E-state index contributed by atoms with van der Waals surface area (Å²) in [5, 5.41) is 8.71. The van der Waals surface area contributed by atoms with Crippen molar-refractivity contribution in [3.8, 4) is 0 Å². The van der Waals surface area contributed by atoms with Crippen LogP contribution in [0.5, 0.6) is 0 Å². The summed E-state index contributed by atoms with van der Waals surface area (Å²) in [7, 11) is -4.19. The second kappa shape index (κ2) is 3.92. The van der Waals surface area contributed by atoms with Crippen LogP contribution in [0.2, 0.25) is 0 Å². The van der Waals surface area contributed by atoms with Crippen LogP contribution in [0.1, 0.15) is 16.2 Å². The molecule has 0 aliphatic heterocycles. The van der Waals surface area contributed by atoms with Crippen LogP contribution in [-0.4, -0.2) is 35.2 Å². The summed E-state index contributed by atoms with van der Waals surface area (Å²) in [4.78, 5) is 35.8. The molecule has 0 spiro atoms. The largest absolute Gasteiger partial charge is 0.476 e. The molecule has 3 N–H and O–H groups in total. The van der Waals surface area contributed by atoms with E-state index in [4.69, 9.17) is 14.9 Å². The lowest BCUT2D eigenvalue weighted by atomic mass is 10.4. The number of nitrogens with zero attached hydrogens (tertiary/aromatic N) is 3. The monoisotopic (exact) mass is 257 g/mol. The summed E-state index contributed by atoms with van der Waals surface area (Å²) in [5.74, 6) is -1.10. The first-order valence-electron chi connectivity index (χ1n) is 4.48. The van der Waals surface area contributed by atoms with Crippen LogP contribution in [0.3, 0.4) is 0 Å². The highest BCUT2D eigenvalue weighted by atomic mass is 31.2. The number of carboxylic acids is 1. The zero-order valence-corrected chi connectivity index (χ0v) is 9.28. The number of hydrogen-bond donors (Lipinski definition) is 3. The van der Waals surface area contributed by atoms with Crippen molar-refractivity contribution in [2.24, 2.45) is 0 Å². The van der Waals surface area contributed by atoms with Gasteiger partial charge in [0.15, 0.2) is 5.69 Å². The molecule has 2 aromatic heterocycles. The smallest absolute Gasteiger partial charge is 0.356 e. The highest BCUT2D eigenvalue weighted by Gasteiger charge is 2.16. The summed E-state index contributed by atoms with van der Waals surface area (Å²) in [6.07, 6.45) is 2.22. The van der Waals surface area contributed by atoms with Crippen LogP contribution in [0.4, 0.5) is 0 Å². The van der Waals surface area contributed by atoms with E-state index in [1.807, 2.05) is 0 Å². The molecule has 2 aromatic rings. The zero-order valence-electron chi connectivity index (χ0n) is 8.39. The third kappa shape index (κ3) is 2.68. The van der Waals surface area contributed by atoms with Gasteiger partial charge >= 0.3 is 13.6 Å². The third-order valence-electron chi connectivity index (χ3n) is 1.97. The number of imidazole rings is 1. The molecule has 0 saturated heterocycles. The molecule has 17 heavy (non-hydrogen) atoms. The Bertz CT molecular complexity index is 631.